The molecule has 0 aliphatic rings. The second kappa shape index (κ2) is 5.85. The summed E-state index contributed by atoms with van der Waals surface area (Å²) in [4.78, 5) is 8.45. The zero-order valence-electron chi connectivity index (χ0n) is 11.3. The lowest BCUT2D eigenvalue weighted by atomic mass is 10.2. The average Bonchev–Trinajstić information content (AvgIpc) is 3.15. The van der Waals surface area contributed by atoms with Crippen molar-refractivity contribution in [2.75, 3.05) is 0 Å². The van der Waals surface area contributed by atoms with Crippen LogP contribution in [0.5, 0.6) is 0 Å². The van der Waals surface area contributed by atoms with E-state index in [0.29, 0.717) is 28.9 Å². The third-order valence-electron chi connectivity index (χ3n) is 2.96. The van der Waals surface area contributed by atoms with Crippen molar-refractivity contribution in [3.63, 3.8) is 0 Å². The van der Waals surface area contributed by atoms with Gasteiger partial charge < -0.3 is 9.51 Å². The Morgan fingerprint density at radius 3 is 2.90 bits per heavy atom. The van der Waals surface area contributed by atoms with Gasteiger partial charge in [-0.25, -0.2) is 0 Å². The number of thioether (sulfide) groups is 1. The number of aromatic nitrogens is 3. The second-order valence-corrected chi connectivity index (χ2v) is 5.48. The molecule has 5 nitrogen and oxygen atoms in total. The minimum Gasteiger partial charge on any atom is -0.342 e. The Hall–Kier alpha value is -2.52. The molecule has 0 fully saturated rings. The molecule has 0 radical (unpaired) electrons. The highest BCUT2D eigenvalue weighted by atomic mass is 32.2. The lowest BCUT2D eigenvalue weighted by Gasteiger charge is -2.01. The molecule has 0 saturated carbocycles. The van der Waals surface area contributed by atoms with E-state index in [2.05, 4.69) is 34.2 Å². The van der Waals surface area contributed by atoms with Gasteiger partial charge in [-0.3, -0.25) is 0 Å². The maximum atomic E-state index is 8.79. The minimum absolute atomic E-state index is 0.400. The summed E-state index contributed by atoms with van der Waals surface area (Å²) in [7, 11) is 0. The lowest BCUT2D eigenvalue weighted by Crippen LogP contribution is -1.86. The number of hydrogen-bond acceptors (Lipinski definition) is 5. The zero-order valence-corrected chi connectivity index (χ0v) is 12.1. The molecule has 6 heteroatoms. The van der Waals surface area contributed by atoms with E-state index >= 15 is 0 Å². The summed E-state index contributed by atoms with van der Waals surface area (Å²) < 4.78 is 5.21. The number of rotatable bonds is 4. The van der Waals surface area contributed by atoms with Gasteiger partial charge in [0.15, 0.2) is 5.82 Å². The Labute approximate surface area is 126 Å². The topological polar surface area (TPSA) is 78.5 Å². The number of aromatic amines is 1. The fraction of sp³-hybridized carbons (Fsp3) is 0.133. The SMILES string of the molecule is Cc1ccccc1SCc1noc(-c2ccc(C#N)[nH]2)n1. The van der Waals surface area contributed by atoms with E-state index in [1.807, 2.05) is 18.2 Å². The molecule has 1 aromatic carbocycles. The van der Waals surface area contributed by atoms with Gasteiger partial charge >= 0.3 is 0 Å². The summed E-state index contributed by atoms with van der Waals surface area (Å²) in [6.07, 6.45) is 0. The quantitative estimate of drug-likeness (QED) is 0.745. The van der Waals surface area contributed by atoms with Crippen molar-refractivity contribution >= 4 is 11.8 Å². The Balaban J connectivity index is 1.71. The van der Waals surface area contributed by atoms with Crippen LogP contribution in [0.15, 0.2) is 45.8 Å². The molecule has 104 valence electrons. The van der Waals surface area contributed by atoms with Gasteiger partial charge in [0.1, 0.15) is 17.5 Å². The molecule has 0 amide bonds. The fourth-order valence-electron chi connectivity index (χ4n) is 1.87. The van der Waals surface area contributed by atoms with Crippen LogP contribution in [0.25, 0.3) is 11.6 Å². The van der Waals surface area contributed by atoms with Crippen molar-refractivity contribution in [1.82, 2.24) is 15.1 Å². The fourth-order valence-corrected chi connectivity index (χ4v) is 2.74. The second-order valence-electron chi connectivity index (χ2n) is 4.47. The molecule has 1 N–H and O–H groups in total. The molecule has 0 spiro atoms. The monoisotopic (exact) mass is 296 g/mol. The molecule has 0 bridgehead atoms. The number of hydrogen-bond donors (Lipinski definition) is 1. The number of nitrogens with one attached hydrogen (secondary N) is 1. The van der Waals surface area contributed by atoms with Crippen LogP contribution in [-0.4, -0.2) is 15.1 Å². The van der Waals surface area contributed by atoms with Crippen molar-refractivity contribution in [1.29, 1.82) is 5.26 Å². The van der Waals surface area contributed by atoms with E-state index < -0.39 is 0 Å². The molecule has 0 aliphatic heterocycles. The molecule has 3 aromatic rings. The third-order valence-corrected chi connectivity index (χ3v) is 4.13. The largest absolute Gasteiger partial charge is 0.342 e. The van der Waals surface area contributed by atoms with Crippen LogP contribution in [-0.2, 0) is 5.75 Å². The predicted octanol–water partition coefficient (Wildman–Crippen LogP) is 3.54. The van der Waals surface area contributed by atoms with Crippen molar-refractivity contribution in [2.24, 2.45) is 0 Å². The van der Waals surface area contributed by atoms with Crippen molar-refractivity contribution in [3.8, 4) is 17.7 Å². The molecule has 0 saturated heterocycles. The zero-order chi connectivity index (χ0) is 14.7. The molecule has 3 rings (SSSR count). The normalized spacial score (nSPS) is 10.5. The Morgan fingerprint density at radius 2 is 2.14 bits per heavy atom. The van der Waals surface area contributed by atoms with E-state index in [-0.39, 0.29) is 0 Å². The first-order chi connectivity index (χ1) is 10.3. The van der Waals surface area contributed by atoms with Crippen LogP contribution in [0.4, 0.5) is 0 Å². The first-order valence-corrected chi connectivity index (χ1v) is 7.35. The summed E-state index contributed by atoms with van der Waals surface area (Å²) in [5.74, 6) is 1.67. The van der Waals surface area contributed by atoms with Gasteiger partial charge in [0, 0.05) is 4.90 Å². The van der Waals surface area contributed by atoms with E-state index in [9.17, 15) is 0 Å². The highest BCUT2D eigenvalue weighted by molar-refractivity contribution is 7.98. The number of aryl methyl sites for hydroxylation is 1. The minimum atomic E-state index is 0.400. The molecule has 0 atom stereocenters. The molecular weight excluding hydrogens is 284 g/mol. The van der Waals surface area contributed by atoms with Gasteiger partial charge in [-0.05, 0) is 30.7 Å². The van der Waals surface area contributed by atoms with Crippen molar-refractivity contribution in [3.05, 3.63) is 53.5 Å². The molecule has 0 aliphatic carbocycles. The van der Waals surface area contributed by atoms with E-state index in [1.165, 1.54) is 10.5 Å². The maximum Gasteiger partial charge on any atom is 0.274 e. The van der Waals surface area contributed by atoms with Gasteiger partial charge in [-0.1, -0.05) is 23.4 Å². The maximum absolute atomic E-state index is 8.79. The van der Waals surface area contributed by atoms with Crippen LogP contribution in [0.3, 0.4) is 0 Å². The van der Waals surface area contributed by atoms with Crippen molar-refractivity contribution < 1.29 is 4.52 Å². The first kappa shape index (κ1) is 13.5. The molecule has 0 unspecified atom stereocenters. The van der Waals surface area contributed by atoms with Crippen LogP contribution in [0.1, 0.15) is 17.1 Å². The number of H-pyrrole nitrogens is 1. The molecular formula is C15H12N4OS. The highest BCUT2D eigenvalue weighted by Crippen LogP contribution is 2.25. The van der Waals surface area contributed by atoms with Crippen molar-refractivity contribution in [2.45, 2.75) is 17.6 Å². The number of nitrogens with zero attached hydrogens (tertiary/aromatic N) is 3. The van der Waals surface area contributed by atoms with Crippen LogP contribution in [0.2, 0.25) is 0 Å². The number of nitriles is 1. The molecule has 2 aromatic heterocycles. The van der Waals surface area contributed by atoms with Crippen LogP contribution >= 0.6 is 11.8 Å². The summed E-state index contributed by atoms with van der Waals surface area (Å²) in [5, 5.41) is 12.8. The van der Waals surface area contributed by atoms with Crippen LogP contribution in [0, 0.1) is 18.3 Å². The third kappa shape index (κ3) is 2.98. The van der Waals surface area contributed by atoms with E-state index in [1.54, 1.807) is 23.9 Å². The summed E-state index contributed by atoms with van der Waals surface area (Å²) in [6, 6.07) is 13.6. The summed E-state index contributed by atoms with van der Waals surface area (Å²) >= 11 is 1.67. The van der Waals surface area contributed by atoms with Crippen LogP contribution < -0.4 is 0 Å². The molecule has 21 heavy (non-hydrogen) atoms. The van der Waals surface area contributed by atoms with E-state index in [0.717, 1.165) is 0 Å². The highest BCUT2D eigenvalue weighted by Gasteiger charge is 2.11. The summed E-state index contributed by atoms with van der Waals surface area (Å²) in [6.45, 7) is 2.08. The van der Waals surface area contributed by atoms with E-state index in [4.69, 9.17) is 9.78 Å². The standard InChI is InChI=1S/C15H12N4OS/c1-10-4-2-3-5-13(10)21-9-14-18-15(20-19-14)12-7-6-11(8-16)17-12/h2-7,17H,9H2,1H3. The Bertz CT molecular complexity index is 800. The predicted molar refractivity (Wildman–Crippen MR) is 79.5 cm³/mol. The lowest BCUT2D eigenvalue weighted by molar-refractivity contribution is 0.424. The first-order valence-electron chi connectivity index (χ1n) is 6.37. The average molecular weight is 296 g/mol. The Kier molecular flexibility index (Phi) is 3.75. The smallest absolute Gasteiger partial charge is 0.274 e. The summed E-state index contributed by atoms with van der Waals surface area (Å²) in [5.41, 5.74) is 2.36. The molecule has 2 heterocycles. The van der Waals surface area contributed by atoms with Gasteiger partial charge in [0.05, 0.1) is 5.75 Å². The number of benzene rings is 1. The Morgan fingerprint density at radius 1 is 1.29 bits per heavy atom. The van der Waals surface area contributed by atoms with Gasteiger partial charge in [-0.15, -0.1) is 11.8 Å². The van der Waals surface area contributed by atoms with Gasteiger partial charge in [0.25, 0.3) is 5.89 Å². The van der Waals surface area contributed by atoms with Gasteiger partial charge in [0.2, 0.25) is 0 Å². The van der Waals surface area contributed by atoms with Gasteiger partial charge in [-0.2, -0.15) is 10.2 Å².